The molecule has 0 unspecified atom stereocenters. The molecule has 0 saturated carbocycles. The van der Waals surface area contributed by atoms with Gasteiger partial charge in [0.1, 0.15) is 17.1 Å². The van der Waals surface area contributed by atoms with E-state index in [0.717, 1.165) is 31.7 Å². The Morgan fingerprint density at radius 2 is 2.19 bits per heavy atom. The van der Waals surface area contributed by atoms with Gasteiger partial charge in [-0.05, 0) is 25.8 Å². The number of methoxy groups -OCH3 is 1. The van der Waals surface area contributed by atoms with Gasteiger partial charge in [-0.2, -0.15) is 0 Å². The van der Waals surface area contributed by atoms with Crippen molar-refractivity contribution < 1.29 is 23.8 Å². The third-order valence-electron chi connectivity index (χ3n) is 3.73. The van der Waals surface area contributed by atoms with Crippen LogP contribution >= 0.6 is 0 Å². The van der Waals surface area contributed by atoms with E-state index in [1.807, 2.05) is 0 Å². The van der Waals surface area contributed by atoms with E-state index in [1.54, 1.807) is 13.0 Å². The lowest BCUT2D eigenvalue weighted by atomic mass is 10.1. The molecule has 6 nitrogen and oxygen atoms in total. The van der Waals surface area contributed by atoms with E-state index in [2.05, 4.69) is 4.90 Å². The number of likely N-dealkylation sites (tertiary alicyclic amines) is 1. The molecule has 2 heterocycles. The van der Waals surface area contributed by atoms with Gasteiger partial charge in [0, 0.05) is 13.1 Å². The molecule has 1 fully saturated rings. The van der Waals surface area contributed by atoms with Gasteiger partial charge in [0.25, 0.3) is 0 Å². The highest BCUT2D eigenvalue weighted by molar-refractivity contribution is 5.90. The summed E-state index contributed by atoms with van der Waals surface area (Å²) in [5, 5.41) is 8.75. The van der Waals surface area contributed by atoms with Crippen LogP contribution < -0.4 is 0 Å². The van der Waals surface area contributed by atoms with E-state index in [-0.39, 0.29) is 18.7 Å². The summed E-state index contributed by atoms with van der Waals surface area (Å²) in [7, 11) is 1.37. The Labute approximate surface area is 124 Å². The highest BCUT2D eigenvalue weighted by Crippen LogP contribution is 2.20. The first-order valence-corrected chi connectivity index (χ1v) is 7.26. The van der Waals surface area contributed by atoms with Crippen LogP contribution in [0.4, 0.5) is 0 Å². The minimum absolute atomic E-state index is 0.0716. The Balaban J connectivity index is 1.85. The summed E-state index contributed by atoms with van der Waals surface area (Å²) in [6.45, 7) is 4.77. The van der Waals surface area contributed by atoms with Crippen LogP contribution in [0.3, 0.4) is 0 Å². The lowest BCUT2D eigenvalue weighted by Gasteiger charge is -2.31. The van der Waals surface area contributed by atoms with Gasteiger partial charge in [-0.15, -0.1) is 0 Å². The number of carbonyl (C=O) groups is 1. The maximum atomic E-state index is 11.6. The average Bonchev–Trinajstić information content (AvgIpc) is 2.86. The first-order valence-electron chi connectivity index (χ1n) is 7.26. The number of carbonyl (C=O) groups excluding carboxylic acids is 1. The Morgan fingerprint density at radius 1 is 1.48 bits per heavy atom. The number of piperidine rings is 1. The molecule has 1 aliphatic heterocycles. The molecule has 1 aromatic heterocycles. The summed E-state index contributed by atoms with van der Waals surface area (Å²) in [6, 6.07) is 1.76. The number of hydrogen-bond acceptors (Lipinski definition) is 6. The summed E-state index contributed by atoms with van der Waals surface area (Å²) in [5.74, 6) is 1.01. The molecule has 2 rings (SSSR count). The second-order valence-electron chi connectivity index (χ2n) is 5.24. The Hall–Kier alpha value is -1.37. The minimum atomic E-state index is -0.362. The molecule has 1 aliphatic rings. The van der Waals surface area contributed by atoms with Crippen LogP contribution in [0, 0.1) is 6.92 Å². The van der Waals surface area contributed by atoms with Crippen molar-refractivity contribution in [3.8, 4) is 0 Å². The molecule has 0 radical (unpaired) electrons. The molecule has 0 bridgehead atoms. The predicted molar refractivity (Wildman–Crippen MR) is 76.1 cm³/mol. The van der Waals surface area contributed by atoms with Crippen molar-refractivity contribution in [2.75, 3.05) is 33.4 Å². The summed E-state index contributed by atoms with van der Waals surface area (Å²) in [6.07, 6.45) is 2.13. The first-order chi connectivity index (χ1) is 10.1. The summed E-state index contributed by atoms with van der Waals surface area (Å²) >= 11 is 0. The number of aryl methyl sites for hydroxylation is 1. The van der Waals surface area contributed by atoms with Crippen LogP contribution in [0.2, 0.25) is 0 Å². The average molecular weight is 297 g/mol. The summed E-state index contributed by atoms with van der Waals surface area (Å²) in [5.41, 5.74) is 0.494. The van der Waals surface area contributed by atoms with Gasteiger partial charge in [0.2, 0.25) is 0 Å². The van der Waals surface area contributed by atoms with Gasteiger partial charge in [-0.3, -0.25) is 4.90 Å². The number of aliphatic hydroxyl groups excluding tert-OH is 1. The second kappa shape index (κ2) is 7.59. The largest absolute Gasteiger partial charge is 0.465 e. The van der Waals surface area contributed by atoms with Crippen molar-refractivity contribution in [2.45, 2.75) is 32.4 Å². The van der Waals surface area contributed by atoms with Gasteiger partial charge in [-0.25, -0.2) is 4.79 Å². The molecule has 0 atom stereocenters. The van der Waals surface area contributed by atoms with Gasteiger partial charge in [-0.1, -0.05) is 0 Å². The molecule has 1 aromatic rings. The van der Waals surface area contributed by atoms with Crippen molar-refractivity contribution in [3.05, 3.63) is 23.2 Å². The number of aliphatic hydroxyl groups is 1. The van der Waals surface area contributed by atoms with Crippen LogP contribution in [0.25, 0.3) is 0 Å². The Bertz CT molecular complexity index is 463. The van der Waals surface area contributed by atoms with Crippen LogP contribution in [0.5, 0.6) is 0 Å². The summed E-state index contributed by atoms with van der Waals surface area (Å²) in [4.78, 5) is 13.8. The van der Waals surface area contributed by atoms with Gasteiger partial charge in [0.05, 0.1) is 33.0 Å². The van der Waals surface area contributed by atoms with Gasteiger partial charge >= 0.3 is 5.97 Å². The Kier molecular flexibility index (Phi) is 5.78. The third-order valence-corrected chi connectivity index (χ3v) is 3.73. The lowest BCUT2D eigenvalue weighted by molar-refractivity contribution is -0.00994. The number of rotatable bonds is 6. The maximum absolute atomic E-state index is 11.6. The normalized spacial score (nSPS) is 17.1. The zero-order valence-electron chi connectivity index (χ0n) is 12.6. The molecule has 0 amide bonds. The van der Waals surface area contributed by atoms with E-state index >= 15 is 0 Å². The fourth-order valence-electron chi connectivity index (χ4n) is 2.61. The van der Waals surface area contributed by atoms with E-state index in [1.165, 1.54) is 7.11 Å². The number of nitrogens with zero attached hydrogens (tertiary/aromatic N) is 1. The van der Waals surface area contributed by atoms with E-state index in [0.29, 0.717) is 24.5 Å². The molecule has 0 aromatic carbocycles. The van der Waals surface area contributed by atoms with Crippen molar-refractivity contribution in [1.29, 1.82) is 0 Å². The molecule has 0 aliphatic carbocycles. The fraction of sp³-hybridized carbons (Fsp3) is 0.667. The number of hydrogen-bond donors (Lipinski definition) is 1. The highest BCUT2D eigenvalue weighted by atomic mass is 16.5. The quantitative estimate of drug-likeness (QED) is 0.799. The number of furan rings is 1. The zero-order valence-corrected chi connectivity index (χ0v) is 12.6. The van der Waals surface area contributed by atoms with Gasteiger partial charge in [0.15, 0.2) is 0 Å². The van der Waals surface area contributed by atoms with E-state index in [9.17, 15) is 4.79 Å². The fourth-order valence-corrected chi connectivity index (χ4v) is 2.61. The lowest BCUT2D eigenvalue weighted by Crippen LogP contribution is -2.36. The molecule has 1 N–H and O–H groups in total. The van der Waals surface area contributed by atoms with Crippen molar-refractivity contribution in [2.24, 2.45) is 0 Å². The summed E-state index contributed by atoms with van der Waals surface area (Å²) < 4.78 is 15.9. The van der Waals surface area contributed by atoms with Crippen LogP contribution in [0.15, 0.2) is 10.5 Å². The molecule has 6 heteroatoms. The molecular weight excluding hydrogens is 274 g/mol. The monoisotopic (exact) mass is 297 g/mol. The third kappa shape index (κ3) is 4.30. The Morgan fingerprint density at radius 3 is 2.81 bits per heavy atom. The van der Waals surface area contributed by atoms with Crippen LogP contribution in [0.1, 0.15) is 34.7 Å². The molecule has 21 heavy (non-hydrogen) atoms. The highest BCUT2D eigenvalue weighted by Gasteiger charge is 2.22. The van der Waals surface area contributed by atoms with Gasteiger partial charge < -0.3 is 19.0 Å². The number of ether oxygens (including phenoxy) is 2. The van der Waals surface area contributed by atoms with Crippen molar-refractivity contribution >= 4 is 5.97 Å². The van der Waals surface area contributed by atoms with Crippen LogP contribution in [-0.2, 0) is 16.0 Å². The molecule has 118 valence electrons. The minimum Gasteiger partial charge on any atom is -0.465 e. The molecule has 0 spiro atoms. The smallest absolute Gasteiger partial charge is 0.341 e. The maximum Gasteiger partial charge on any atom is 0.341 e. The topological polar surface area (TPSA) is 72.1 Å². The second-order valence-corrected chi connectivity index (χ2v) is 5.24. The zero-order chi connectivity index (χ0) is 15.2. The standard InChI is InChI=1S/C15H23NO5/c1-11-14(15(18)19-2)9-13(21-11)10-16-5-3-12(4-6-16)20-8-7-17/h9,12,17H,3-8,10H2,1-2H3. The first kappa shape index (κ1) is 16.0. The SMILES string of the molecule is COC(=O)c1cc(CN2CCC(OCCO)CC2)oc1C. The van der Waals surface area contributed by atoms with Crippen LogP contribution in [-0.4, -0.2) is 55.5 Å². The van der Waals surface area contributed by atoms with Crippen molar-refractivity contribution in [1.82, 2.24) is 4.90 Å². The van der Waals surface area contributed by atoms with Crippen molar-refractivity contribution in [3.63, 3.8) is 0 Å². The predicted octanol–water partition coefficient (Wildman–Crippen LogP) is 1.35. The van der Waals surface area contributed by atoms with E-state index in [4.69, 9.17) is 19.0 Å². The molecular formula is C15H23NO5. The van der Waals surface area contributed by atoms with E-state index < -0.39 is 0 Å². The molecule has 1 saturated heterocycles. The number of esters is 1.